The second-order valence-corrected chi connectivity index (χ2v) is 9.57. The summed E-state index contributed by atoms with van der Waals surface area (Å²) in [6.07, 6.45) is 8.07. The summed E-state index contributed by atoms with van der Waals surface area (Å²) in [4.78, 5) is 3.37. The van der Waals surface area contributed by atoms with Crippen LogP contribution in [-0.4, -0.2) is 65.1 Å². The molecule has 3 aliphatic rings. The number of rotatable bonds is 6. The topological polar surface area (TPSA) is 61.7 Å². The van der Waals surface area contributed by atoms with Crippen LogP contribution in [0.25, 0.3) is 0 Å². The predicted octanol–water partition coefficient (Wildman–Crippen LogP) is 0.321. The van der Waals surface area contributed by atoms with Gasteiger partial charge in [-0.05, 0) is 61.1 Å². The maximum Gasteiger partial charge on any atom is 0.214 e. The lowest BCUT2D eigenvalue weighted by Crippen LogP contribution is -3.29. The zero-order valence-electron chi connectivity index (χ0n) is 17.6. The van der Waals surface area contributed by atoms with E-state index < -0.39 is 0 Å². The zero-order valence-corrected chi connectivity index (χ0v) is 18.4. The van der Waals surface area contributed by atoms with Crippen LogP contribution in [0, 0.1) is 0 Å². The number of nitrogens with one attached hydrogen (secondary N) is 2. The smallest absolute Gasteiger partial charge is 0.214 e. The molecule has 2 aliphatic heterocycles. The second kappa shape index (κ2) is 9.30. The minimum atomic E-state index is 0.129. The average Bonchev–Trinajstić information content (AvgIpc) is 3.54. The number of hydrogen-bond acceptors (Lipinski definition) is 4. The predicted molar refractivity (Wildman–Crippen MR) is 114 cm³/mol. The van der Waals surface area contributed by atoms with E-state index in [-0.39, 0.29) is 12.1 Å². The molecule has 0 amide bonds. The van der Waals surface area contributed by atoms with Crippen molar-refractivity contribution in [2.75, 3.05) is 32.8 Å². The second-order valence-electron chi connectivity index (χ2n) is 9.14. The van der Waals surface area contributed by atoms with Crippen LogP contribution < -0.4 is 9.80 Å². The molecule has 162 valence electrons. The average molecular weight is 433 g/mol. The number of hydrogen-bond donors (Lipinski definition) is 2. The van der Waals surface area contributed by atoms with Gasteiger partial charge in [0.05, 0.1) is 18.7 Å². The molecule has 2 atom stereocenters. The SMILES string of the molecule is Clc1ccc([C@@H](c2nnnn2C[C@H]2CCCO2)[NH+]2CC[NH+](C3CCCC3)CC2)cc1. The maximum absolute atomic E-state index is 6.19. The summed E-state index contributed by atoms with van der Waals surface area (Å²) in [5.74, 6) is 0.951. The minimum absolute atomic E-state index is 0.129. The molecule has 0 bridgehead atoms. The summed E-state index contributed by atoms with van der Waals surface area (Å²) < 4.78 is 7.84. The molecule has 0 unspecified atom stereocenters. The van der Waals surface area contributed by atoms with Gasteiger partial charge < -0.3 is 14.5 Å². The Morgan fingerprint density at radius 2 is 1.80 bits per heavy atom. The molecule has 1 aromatic heterocycles. The molecule has 1 aromatic carbocycles. The summed E-state index contributed by atoms with van der Waals surface area (Å²) >= 11 is 6.19. The standard InChI is InChI=1S/C22H31ClN6O/c23-18-9-7-17(8-10-18)21(22-24-25-26-29(22)16-20-6-3-15-30-20)28-13-11-27(12-14-28)19-4-1-2-5-19/h7-10,19-21H,1-6,11-16H2/p+2/t20-,21+/m1/s1. The molecule has 2 saturated heterocycles. The van der Waals surface area contributed by atoms with E-state index in [2.05, 4.69) is 27.7 Å². The molecular weight excluding hydrogens is 400 g/mol. The van der Waals surface area contributed by atoms with Crippen LogP contribution in [-0.2, 0) is 11.3 Å². The molecule has 0 radical (unpaired) electrons. The molecular formula is C22H33ClN6O+2. The van der Waals surface area contributed by atoms with E-state index in [9.17, 15) is 0 Å². The van der Waals surface area contributed by atoms with Gasteiger partial charge in [0.15, 0.2) is 6.04 Å². The minimum Gasteiger partial charge on any atom is -0.376 e. The van der Waals surface area contributed by atoms with Crippen molar-refractivity contribution in [3.63, 3.8) is 0 Å². The molecule has 0 spiro atoms. The summed E-state index contributed by atoms with van der Waals surface area (Å²) in [6, 6.07) is 9.26. The van der Waals surface area contributed by atoms with Gasteiger partial charge in [0.25, 0.3) is 0 Å². The fraction of sp³-hybridized carbons (Fsp3) is 0.682. The van der Waals surface area contributed by atoms with E-state index in [1.807, 2.05) is 21.7 Å². The van der Waals surface area contributed by atoms with Gasteiger partial charge in [-0.15, -0.1) is 5.10 Å². The molecule has 3 fully saturated rings. The van der Waals surface area contributed by atoms with Gasteiger partial charge in [-0.1, -0.05) is 23.7 Å². The Bertz CT molecular complexity index is 807. The lowest BCUT2D eigenvalue weighted by molar-refractivity contribution is -1.03. The molecule has 8 heteroatoms. The van der Waals surface area contributed by atoms with Crippen molar-refractivity contribution in [1.82, 2.24) is 20.2 Å². The highest BCUT2D eigenvalue weighted by Crippen LogP contribution is 2.21. The van der Waals surface area contributed by atoms with Gasteiger partial charge in [-0.25, -0.2) is 4.68 Å². The number of benzene rings is 1. The Balaban J connectivity index is 1.38. The molecule has 2 N–H and O–H groups in total. The van der Waals surface area contributed by atoms with Gasteiger partial charge in [-0.3, -0.25) is 0 Å². The van der Waals surface area contributed by atoms with Gasteiger partial charge in [-0.2, -0.15) is 0 Å². The van der Waals surface area contributed by atoms with E-state index in [0.29, 0.717) is 0 Å². The van der Waals surface area contributed by atoms with Crippen LogP contribution in [0.4, 0.5) is 0 Å². The van der Waals surface area contributed by atoms with Gasteiger partial charge in [0.2, 0.25) is 5.82 Å². The number of tetrazole rings is 1. The number of aromatic nitrogens is 4. The third-order valence-electron chi connectivity index (χ3n) is 7.30. The Morgan fingerprint density at radius 1 is 1.03 bits per heavy atom. The van der Waals surface area contributed by atoms with Crippen molar-refractivity contribution in [2.24, 2.45) is 0 Å². The van der Waals surface area contributed by atoms with Gasteiger partial charge in [0, 0.05) is 17.2 Å². The van der Waals surface area contributed by atoms with Crippen molar-refractivity contribution in [3.05, 3.63) is 40.7 Å². The van der Waals surface area contributed by atoms with Crippen LogP contribution in [0.5, 0.6) is 0 Å². The summed E-state index contributed by atoms with van der Waals surface area (Å²) in [5.41, 5.74) is 1.24. The Labute approximate surface area is 183 Å². The fourth-order valence-electron chi connectivity index (χ4n) is 5.68. The van der Waals surface area contributed by atoms with Crippen LogP contribution in [0.15, 0.2) is 24.3 Å². The first-order valence-electron chi connectivity index (χ1n) is 11.6. The van der Waals surface area contributed by atoms with Crippen molar-refractivity contribution in [1.29, 1.82) is 0 Å². The number of quaternary nitrogens is 2. The van der Waals surface area contributed by atoms with Crippen LogP contribution in [0.3, 0.4) is 0 Å². The van der Waals surface area contributed by atoms with Crippen molar-refractivity contribution >= 4 is 11.6 Å². The largest absolute Gasteiger partial charge is 0.376 e. The highest BCUT2D eigenvalue weighted by atomic mass is 35.5. The highest BCUT2D eigenvalue weighted by molar-refractivity contribution is 6.30. The fourth-order valence-corrected chi connectivity index (χ4v) is 5.80. The Hall–Kier alpha value is -1.54. The summed E-state index contributed by atoms with van der Waals surface area (Å²) in [6.45, 7) is 6.34. The van der Waals surface area contributed by atoms with Crippen molar-refractivity contribution < 1.29 is 14.5 Å². The van der Waals surface area contributed by atoms with E-state index in [1.54, 1.807) is 4.90 Å². The van der Waals surface area contributed by atoms with E-state index in [1.165, 1.54) is 44.3 Å². The molecule has 7 nitrogen and oxygen atoms in total. The summed E-state index contributed by atoms with van der Waals surface area (Å²) in [7, 11) is 0. The van der Waals surface area contributed by atoms with Crippen LogP contribution >= 0.6 is 11.6 Å². The number of piperazine rings is 1. The molecule has 30 heavy (non-hydrogen) atoms. The Morgan fingerprint density at radius 3 is 2.50 bits per heavy atom. The van der Waals surface area contributed by atoms with Crippen molar-refractivity contribution in [3.8, 4) is 0 Å². The third kappa shape index (κ3) is 4.40. The van der Waals surface area contributed by atoms with E-state index in [4.69, 9.17) is 16.3 Å². The first-order valence-corrected chi connectivity index (χ1v) is 12.0. The lowest BCUT2D eigenvalue weighted by atomic mass is 10.0. The van der Waals surface area contributed by atoms with Crippen molar-refractivity contribution in [2.45, 2.75) is 63.3 Å². The lowest BCUT2D eigenvalue weighted by Gasteiger charge is -2.36. The molecule has 5 rings (SSSR count). The Kier molecular flexibility index (Phi) is 6.32. The third-order valence-corrected chi connectivity index (χ3v) is 7.55. The monoisotopic (exact) mass is 432 g/mol. The summed E-state index contributed by atoms with van der Waals surface area (Å²) in [5, 5.41) is 13.7. The quantitative estimate of drug-likeness (QED) is 0.690. The molecule has 1 saturated carbocycles. The first kappa shape index (κ1) is 20.4. The van der Waals surface area contributed by atoms with E-state index >= 15 is 0 Å². The number of halogens is 1. The zero-order chi connectivity index (χ0) is 20.3. The van der Waals surface area contributed by atoms with Gasteiger partial charge in [0.1, 0.15) is 26.2 Å². The normalized spacial score (nSPS) is 28.8. The molecule has 2 aromatic rings. The van der Waals surface area contributed by atoms with Gasteiger partial charge >= 0.3 is 0 Å². The highest BCUT2D eigenvalue weighted by Gasteiger charge is 2.38. The van der Waals surface area contributed by atoms with E-state index in [0.717, 1.165) is 56.0 Å². The number of nitrogens with zero attached hydrogens (tertiary/aromatic N) is 4. The van der Waals surface area contributed by atoms with Crippen LogP contribution in [0.1, 0.15) is 56.0 Å². The van der Waals surface area contributed by atoms with Crippen LogP contribution in [0.2, 0.25) is 5.02 Å². The maximum atomic E-state index is 6.19. The molecule has 1 aliphatic carbocycles. The first-order chi connectivity index (χ1) is 14.8. The number of ether oxygens (including phenoxy) is 1. The molecule has 3 heterocycles.